The van der Waals surface area contributed by atoms with Crippen LogP contribution in [0.3, 0.4) is 0 Å². The fourth-order valence-corrected chi connectivity index (χ4v) is 5.03. The quantitative estimate of drug-likeness (QED) is 0.813. The van der Waals surface area contributed by atoms with Crippen LogP contribution in [0.1, 0.15) is 38.7 Å². The second-order valence-electron chi connectivity index (χ2n) is 6.17. The first-order valence-corrected chi connectivity index (χ1v) is 10.3. The highest BCUT2D eigenvalue weighted by Crippen LogP contribution is 2.29. The zero-order valence-electron chi connectivity index (χ0n) is 14.0. The van der Waals surface area contributed by atoms with E-state index in [4.69, 9.17) is 11.6 Å². The number of halogens is 1. The van der Waals surface area contributed by atoms with Gasteiger partial charge in [-0.2, -0.15) is 4.31 Å². The number of nitrogens with one attached hydrogen (secondary N) is 1. The molecule has 1 saturated heterocycles. The van der Waals surface area contributed by atoms with E-state index in [1.807, 2.05) is 6.07 Å². The number of piperidine rings is 1. The minimum Gasteiger partial charge on any atom is -0.317 e. The van der Waals surface area contributed by atoms with Crippen LogP contribution in [0.5, 0.6) is 0 Å². The highest BCUT2D eigenvalue weighted by atomic mass is 35.5. The van der Waals surface area contributed by atoms with E-state index in [1.165, 1.54) is 0 Å². The molecule has 1 aliphatic rings. The Morgan fingerprint density at radius 2 is 1.96 bits per heavy atom. The lowest BCUT2D eigenvalue weighted by Crippen LogP contribution is -2.40. The summed E-state index contributed by atoms with van der Waals surface area (Å²) in [5.74, 6) is 0.559. The SMILES string of the molecule is CCCc1ccc(Cl)c(S(=O)(=O)N2CCC(CNCC)CC2)c1. The molecule has 0 unspecified atom stereocenters. The summed E-state index contributed by atoms with van der Waals surface area (Å²) in [5, 5.41) is 3.66. The second kappa shape index (κ2) is 8.47. The van der Waals surface area contributed by atoms with Crippen LogP contribution in [0.25, 0.3) is 0 Å². The molecule has 0 radical (unpaired) electrons. The highest BCUT2D eigenvalue weighted by Gasteiger charge is 2.30. The third kappa shape index (κ3) is 4.69. The second-order valence-corrected chi connectivity index (χ2v) is 8.48. The molecule has 1 N–H and O–H groups in total. The van der Waals surface area contributed by atoms with E-state index in [1.54, 1.807) is 16.4 Å². The van der Waals surface area contributed by atoms with E-state index in [0.717, 1.165) is 44.3 Å². The van der Waals surface area contributed by atoms with Gasteiger partial charge in [-0.25, -0.2) is 8.42 Å². The van der Waals surface area contributed by atoms with Crippen molar-refractivity contribution in [1.29, 1.82) is 0 Å². The Kier molecular flexibility index (Phi) is 6.89. The van der Waals surface area contributed by atoms with Crippen LogP contribution in [0.15, 0.2) is 23.1 Å². The minimum absolute atomic E-state index is 0.259. The fraction of sp³-hybridized carbons (Fsp3) is 0.647. The van der Waals surface area contributed by atoms with Gasteiger partial charge < -0.3 is 5.32 Å². The predicted molar refractivity (Wildman–Crippen MR) is 95.5 cm³/mol. The summed E-state index contributed by atoms with van der Waals surface area (Å²) in [6.45, 7) is 7.25. The van der Waals surface area contributed by atoms with Crippen molar-refractivity contribution >= 4 is 21.6 Å². The summed E-state index contributed by atoms with van der Waals surface area (Å²) in [4.78, 5) is 0.259. The molecule has 0 amide bonds. The Morgan fingerprint density at radius 1 is 1.26 bits per heavy atom. The van der Waals surface area contributed by atoms with Gasteiger partial charge in [-0.05, 0) is 56.0 Å². The maximum atomic E-state index is 12.9. The largest absolute Gasteiger partial charge is 0.317 e. The molecule has 1 aromatic carbocycles. The van der Waals surface area contributed by atoms with Crippen molar-refractivity contribution in [1.82, 2.24) is 9.62 Å². The first-order chi connectivity index (χ1) is 11.0. The lowest BCUT2D eigenvalue weighted by atomic mass is 9.98. The van der Waals surface area contributed by atoms with E-state index >= 15 is 0 Å². The molecule has 2 rings (SSSR count). The van der Waals surface area contributed by atoms with Crippen LogP contribution in [-0.4, -0.2) is 38.9 Å². The normalized spacial score (nSPS) is 17.5. The van der Waals surface area contributed by atoms with Crippen molar-refractivity contribution in [3.05, 3.63) is 28.8 Å². The van der Waals surface area contributed by atoms with Crippen molar-refractivity contribution in [3.8, 4) is 0 Å². The summed E-state index contributed by atoms with van der Waals surface area (Å²) in [5.41, 5.74) is 1.03. The van der Waals surface area contributed by atoms with Gasteiger partial charge in [0.2, 0.25) is 10.0 Å². The maximum Gasteiger partial charge on any atom is 0.244 e. The standard InChI is InChI=1S/C17H27ClN2O2S/c1-3-5-14-6-7-16(18)17(12-14)23(21,22)20-10-8-15(9-11-20)13-19-4-2/h6-7,12,15,19H,3-5,8-11,13H2,1-2H3. The molecular formula is C17H27ClN2O2S. The molecule has 130 valence electrons. The number of hydrogen-bond acceptors (Lipinski definition) is 3. The molecule has 1 fully saturated rings. The Bertz CT molecular complexity index is 611. The molecular weight excluding hydrogens is 332 g/mol. The molecule has 0 aromatic heterocycles. The van der Waals surface area contributed by atoms with E-state index < -0.39 is 10.0 Å². The highest BCUT2D eigenvalue weighted by molar-refractivity contribution is 7.89. The Morgan fingerprint density at radius 3 is 2.57 bits per heavy atom. The van der Waals surface area contributed by atoms with Crippen LogP contribution < -0.4 is 5.32 Å². The Hall–Kier alpha value is -0.620. The smallest absolute Gasteiger partial charge is 0.244 e. The minimum atomic E-state index is -3.50. The average Bonchev–Trinajstić information content (AvgIpc) is 2.55. The van der Waals surface area contributed by atoms with Gasteiger partial charge in [-0.15, -0.1) is 0 Å². The van der Waals surface area contributed by atoms with Crippen LogP contribution in [-0.2, 0) is 16.4 Å². The molecule has 1 aliphatic heterocycles. The third-order valence-electron chi connectivity index (χ3n) is 4.41. The predicted octanol–water partition coefficient (Wildman–Crippen LogP) is 3.30. The number of aryl methyl sites for hydroxylation is 1. The molecule has 0 aliphatic carbocycles. The molecule has 4 nitrogen and oxygen atoms in total. The number of sulfonamides is 1. The maximum absolute atomic E-state index is 12.9. The zero-order chi connectivity index (χ0) is 16.9. The summed E-state index contributed by atoms with van der Waals surface area (Å²) in [6.07, 6.45) is 3.65. The van der Waals surface area contributed by atoms with Crippen molar-refractivity contribution in [2.75, 3.05) is 26.2 Å². The number of nitrogens with zero attached hydrogens (tertiary/aromatic N) is 1. The summed E-state index contributed by atoms with van der Waals surface area (Å²) < 4.78 is 27.4. The first-order valence-electron chi connectivity index (χ1n) is 8.48. The van der Waals surface area contributed by atoms with Gasteiger partial charge >= 0.3 is 0 Å². The van der Waals surface area contributed by atoms with E-state index in [-0.39, 0.29) is 4.90 Å². The molecule has 0 saturated carbocycles. The van der Waals surface area contributed by atoms with Gasteiger partial charge in [-0.3, -0.25) is 0 Å². The van der Waals surface area contributed by atoms with Crippen LogP contribution in [0.4, 0.5) is 0 Å². The van der Waals surface area contributed by atoms with Crippen molar-refractivity contribution in [3.63, 3.8) is 0 Å². The Labute approximate surface area is 145 Å². The fourth-order valence-electron chi connectivity index (χ4n) is 3.03. The van der Waals surface area contributed by atoms with Gasteiger partial charge in [0, 0.05) is 13.1 Å². The van der Waals surface area contributed by atoms with Gasteiger partial charge in [0.15, 0.2) is 0 Å². The van der Waals surface area contributed by atoms with Crippen molar-refractivity contribution in [2.45, 2.75) is 44.4 Å². The third-order valence-corrected chi connectivity index (χ3v) is 6.79. The Balaban J connectivity index is 2.12. The topological polar surface area (TPSA) is 49.4 Å². The first kappa shape index (κ1) is 18.7. The lowest BCUT2D eigenvalue weighted by molar-refractivity contribution is 0.268. The zero-order valence-corrected chi connectivity index (χ0v) is 15.6. The summed E-state index contributed by atoms with van der Waals surface area (Å²) >= 11 is 6.18. The molecule has 0 atom stereocenters. The van der Waals surface area contributed by atoms with Gasteiger partial charge in [-0.1, -0.05) is 37.9 Å². The monoisotopic (exact) mass is 358 g/mol. The number of hydrogen-bond donors (Lipinski definition) is 1. The average molecular weight is 359 g/mol. The molecule has 0 spiro atoms. The molecule has 0 bridgehead atoms. The molecule has 1 heterocycles. The van der Waals surface area contributed by atoms with E-state index in [2.05, 4.69) is 19.2 Å². The van der Waals surface area contributed by atoms with Crippen LogP contribution >= 0.6 is 11.6 Å². The van der Waals surface area contributed by atoms with Crippen molar-refractivity contribution in [2.24, 2.45) is 5.92 Å². The summed E-state index contributed by atoms with van der Waals surface area (Å²) in [7, 11) is -3.50. The van der Waals surface area contributed by atoms with Crippen LogP contribution in [0.2, 0.25) is 5.02 Å². The molecule has 6 heteroatoms. The van der Waals surface area contributed by atoms with Gasteiger partial charge in [0.1, 0.15) is 4.90 Å². The lowest BCUT2D eigenvalue weighted by Gasteiger charge is -2.31. The van der Waals surface area contributed by atoms with Gasteiger partial charge in [0.25, 0.3) is 0 Å². The van der Waals surface area contributed by atoms with E-state index in [9.17, 15) is 8.42 Å². The summed E-state index contributed by atoms with van der Waals surface area (Å²) in [6, 6.07) is 5.36. The van der Waals surface area contributed by atoms with Crippen LogP contribution in [0, 0.1) is 5.92 Å². The van der Waals surface area contributed by atoms with Crippen molar-refractivity contribution < 1.29 is 8.42 Å². The van der Waals surface area contributed by atoms with E-state index in [0.29, 0.717) is 24.0 Å². The number of rotatable bonds is 7. The van der Waals surface area contributed by atoms with Gasteiger partial charge in [0.05, 0.1) is 5.02 Å². The molecule has 23 heavy (non-hydrogen) atoms. The number of benzene rings is 1. The molecule has 1 aromatic rings.